The topological polar surface area (TPSA) is 74.6 Å². The molecule has 0 unspecified atom stereocenters. The van der Waals surface area contributed by atoms with Gasteiger partial charge in [-0.1, -0.05) is 12.1 Å². The molecule has 2 aromatic carbocycles. The van der Waals surface area contributed by atoms with Crippen molar-refractivity contribution in [2.45, 2.75) is 0 Å². The van der Waals surface area contributed by atoms with Crippen molar-refractivity contribution in [2.24, 2.45) is 0 Å². The molecule has 0 aliphatic carbocycles. The number of amides is 1. The van der Waals surface area contributed by atoms with Crippen molar-refractivity contribution in [1.29, 1.82) is 0 Å². The minimum Gasteiger partial charge on any atom is -0.496 e. The van der Waals surface area contributed by atoms with Gasteiger partial charge < -0.3 is 14.2 Å². The van der Waals surface area contributed by atoms with Crippen LogP contribution in [0, 0.1) is 0 Å². The maximum Gasteiger partial charge on any atom is 0.274 e. The number of para-hydroxylation sites is 2. The second-order valence-corrected chi connectivity index (χ2v) is 4.95. The van der Waals surface area contributed by atoms with E-state index in [2.05, 4.69) is 10.4 Å². The summed E-state index contributed by atoms with van der Waals surface area (Å²) in [7, 11) is 4.52. The molecule has 0 fully saturated rings. The molecule has 0 aliphatic rings. The molecular weight excluding hydrogens is 310 g/mol. The number of carbonyl (C=O) groups excluding carboxylic acids is 1. The van der Waals surface area contributed by atoms with E-state index in [4.69, 9.17) is 14.2 Å². The number of nitrogens with zero attached hydrogens (tertiary/aromatic N) is 2. The van der Waals surface area contributed by atoms with Crippen LogP contribution in [0.5, 0.6) is 17.2 Å². The van der Waals surface area contributed by atoms with Crippen LogP contribution in [0.3, 0.4) is 0 Å². The van der Waals surface area contributed by atoms with Crippen LogP contribution in [0.2, 0.25) is 0 Å². The average Bonchev–Trinajstić information content (AvgIpc) is 3.03. The molecule has 7 nitrogen and oxygen atoms in total. The number of hydrogen-bond acceptors (Lipinski definition) is 5. The molecule has 24 heavy (non-hydrogen) atoms. The first-order valence-electron chi connectivity index (χ1n) is 7.21. The van der Waals surface area contributed by atoms with Crippen LogP contribution in [0.1, 0.15) is 10.4 Å². The number of carbonyl (C=O) groups is 1. The SMILES string of the molecule is COc1cc(OC)c(C(=O)Nn2cnc3ccccc32)cc1OC. The highest BCUT2D eigenvalue weighted by Crippen LogP contribution is 2.34. The predicted molar refractivity (Wildman–Crippen MR) is 89.5 cm³/mol. The molecule has 0 bridgehead atoms. The predicted octanol–water partition coefficient (Wildman–Crippen LogP) is 2.45. The number of aromatic nitrogens is 2. The molecule has 0 radical (unpaired) electrons. The van der Waals surface area contributed by atoms with E-state index in [1.807, 2.05) is 24.3 Å². The van der Waals surface area contributed by atoms with Gasteiger partial charge in [-0.2, -0.15) is 0 Å². The summed E-state index contributed by atoms with van der Waals surface area (Å²) in [4.78, 5) is 16.9. The van der Waals surface area contributed by atoms with E-state index in [9.17, 15) is 4.79 Å². The highest BCUT2D eigenvalue weighted by Gasteiger charge is 2.18. The van der Waals surface area contributed by atoms with Crippen LogP contribution in [0.15, 0.2) is 42.7 Å². The van der Waals surface area contributed by atoms with Gasteiger partial charge in [-0.15, -0.1) is 0 Å². The zero-order valence-electron chi connectivity index (χ0n) is 13.6. The van der Waals surface area contributed by atoms with E-state index in [1.165, 1.54) is 21.3 Å². The normalized spacial score (nSPS) is 10.5. The van der Waals surface area contributed by atoms with Gasteiger partial charge in [0.05, 0.1) is 37.9 Å². The Hall–Kier alpha value is -3.22. The summed E-state index contributed by atoms with van der Waals surface area (Å²) in [5.74, 6) is 0.962. The number of nitrogens with one attached hydrogen (secondary N) is 1. The van der Waals surface area contributed by atoms with Gasteiger partial charge in [0.2, 0.25) is 0 Å². The zero-order chi connectivity index (χ0) is 17.1. The molecule has 1 amide bonds. The Morgan fingerprint density at radius 1 is 1.00 bits per heavy atom. The maximum absolute atomic E-state index is 12.7. The lowest BCUT2D eigenvalue weighted by molar-refractivity contribution is 0.100. The maximum atomic E-state index is 12.7. The first-order chi connectivity index (χ1) is 11.7. The summed E-state index contributed by atoms with van der Waals surface area (Å²) >= 11 is 0. The van der Waals surface area contributed by atoms with Crippen molar-refractivity contribution in [3.63, 3.8) is 0 Å². The Labute approximate surface area is 138 Å². The molecule has 0 atom stereocenters. The lowest BCUT2D eigenvalue weighted by Crippen LogP contribution is -2.22. The highest BCUT2D eigenvalue weighted by molar-refractivity contribution is 6.03. The number of benzene rings is 2. The summed E-state index contributed by atoms with van der Waals surface area (Å²) in [5.41, 5.74) is 4.70. The standard InChI is InChI=1S/C17H17N3O4/c1-22-14-9-16(24-3)15(23-2)8-11(14)17(21)19-20-10-18-12-6-4-5-7-13(12)20/h4-10H,1-3H3,(H,19,21). The van der Waals surface area contributed by atoms with Crippen molar-refractivity contribution in [3.05, 3.63) is 48.3 Å². The Morgan fingerprint density at radius 2 is 1.67 bits per heavy atom. The Morgan fingerprint density at radius 3 is 2.38 bits per heavy atom. The molecule has 124 valence electrons. The van der Waals surface area contributed by atoms with E-state index < -0.39 is 0 Å². The van der Waals surface area contributed by atoms with E-state index in [0.29, 0.717) is 22.8 Å². The molecule has 0 aliphatic heterocycles. The Bertz CT molecular complexity index is 889. The summed E-state index contributed by atoms with van der Waals surface area (Å²) in [6.45, 7) is 0. The number of ether oxygens (including phenoxy) is 3. The van der Waals surface area contributed by atoms with Gasteiger partial charge in [-0.3, -0.25) is 10.2 Å². The quantitative estimate of drug-likeness (QED) is 0.779. The van der Waals surface area contributed by atoms with E-state index in [0.717, 1.165) is 11.0 Å². The van der Waals surface area contributed by atoms with Crippen LogP contribution >= 0.6 is 0 Å². The third-order valence-corrected chi connectivity index (χ3v) is 3.63. The van der Waals surface area contributed by atoms with Gasteiger partial charge in [-0.05, 0) is 12.1 Å². The molecule has 0 saturated heterocycles. The van der Waals surface area contributed by atoms with E-state index in [1.54, 1.807) is 23.1 Å². The van der Waals surface area contributed by atoms with Crippen molar-refractivity contribution in [3.8, 4) is 17.2 Å². The summed E-state index contributed by atoms with van der Waals surface area (Å²) in [6, 6.07) is 10.7. The average molecular weight is 327 g/mol. The van der Waals surface area contributed by atoms with Crippen molar-refractivity contribution in [1.82, 2.24) is 9.66 Å². The first-order valence-corrected chi connectivity index (χ1v) is 7.21. The Kier molecular flexibility index (Phi) is 4.24. The third-order valence-electron chi connectivity index (χ3n) is 3.63. The molecule has 3 aromatic rings. The van der Waals surface area contributed by atoms with Crippen LogP contribution in [0.25, 0.3) is 11.0 Å². The summed E-state index contributed by atoms with van der Waals surface area (Å²) < 4.78 is 17.3. The molecular formula is C17H17N3O4. The largest absolute Gasteiger partial charge is 0.496 e. The second-order valence-electron chi connectivity index (χ2n) is 4.95. The minimum atomic E-state index is -0.351. The van der Waals surface area contributed by atoms with Gasteiger partial charge in [0.15, 0.2) is 11.5 Å². The highest BCUT2D eigenvalue weighted by atomic mass is 16.5. The first kappa shape index (κ1) is 15.7. The van der Waals surface area contributed by atoms with Crippen molar-refractivity contribution < 1.29 is 19.0 Å². The van der Waals surface area contributed by atoms with Crippen LogP contribution in [-0.2, 0) is 0 Å². The monoisotopic (exact) mass is 327 g/mol. The van der Waals surface area contributed by atoms with E-state index >= 15 is 0 Å². The van der Waals surface area contributed by atoms with Crippen molar-refractivity contribution >= 4 is 16.9 Å². The molecule has 1 heterocycles. The molecule has 1 aromatic heterocycles. The van der Waals surface area contributed by atoms with E-state index in [-0.39, 0.29) is 5.91 Å². The van der Waals surface area contributed by atoms with Gasteiger partial charge in [0, 0.05) is 12.1 Å². The summed E-state index contributed by atoms with van der Waals surface area (Å²) in [5, 5.41) is 0. The smallest absolute Gasteiger partial charge is 0.274 e. The second kappa shape index (κ2) is 6.49. The third kappa shape index (κ3) is 2.71. The molecule has 1 N–H and O–H groups in total. The zero-order valence-corrected chi connectivity index (χ0v) is 13.6. The number of imidazole rings is 1. The lowest BCUT2D eigenvalue weighted by Gasteiger charge is -2.14. The minimum absolute atomic E-state index is 0.327. The number of fused-ring (bicyclic) bond motifs is 1. The number of methoxy groups -OCH3 is 3. The van der Waals surface area contributed by atoms with Crippen molar-refractivity contribution in [2.75, 3.05) is 26.8 Å². The molecule has 3 rings (SSSR count). The van der Waals surface area contributed by atoms with Gasteiger partial charge >= 0.3 is 0 Å². The van der Waals surface area contributed by atoms with Crippen LogP contribution in [-0.4, -0.2) is 36.9 Å². The lowest BCUT2D eigenvalue weighted by atomic mass is 10.1. The van der Waals surface area contributed by atoms with Gasteiger partial charge in [-0.25, -0.2) is 9.66 Å². The molecule has 0 spiro atoms. The van der Waals surface area contributed by atoms with Gasteiger partial charge in [0.1, 0.15) is 12.1 Å². The molecule has 0 saturated carbocycles. The fraction of sp³-hybridized carbons (Fsp3) is 0.176. The fourth-order valence-electron chi connectivity index (χ4n) is 2.42. The van der Waals surface area contributed by atoms with Gasteiger partial charge in [0.25, 0.3) is 5.91 Å². The van der Waals surface area contributed by atoms with Crippen LogP contribution in [0.4, 0.5) is 0 Å². The number of hydrogen-bond donors (Lipinski definition) is 1. The van der Waals surface area contributed by atoms with Crippen LogP contribution < -0.4 is 19.6 Å². The number of rotatable bonds is 5. The molecule has 7 heteroatoms. The Balaban J connectivity index is 1.97. The fourth-order valence-corrected chi connectivity index (χ4v) is 2.42. The summed E-state index contributed by atoms with van der Waals surface area (Å²) in [6.07, 6.45) is 1.55.